The molecule has 20 heavy (non-hydrogen) atoms. The lowest BCUT2D eigenvalue weighted by Crippen LogP contribution is -2.09. The SMILES string of the molecule is CN(C)c1sc(N)nc1-c1cc(F)cc(C(F)(F)F)c1. The molecule has 3 nitrogen and oxygen atoms in total. The Morgan fingerprint density at radius 3 is 2.40 bits per heavy atom. The Kier molecular flexibility index (Phi) is 3.59. The van der Waals surface area contributed by atoms with E-state index in [4.69, 9.17) is 5.73 Å². The van der Waals surface area contributed by atoms with Crippen molar-refractivity contribution in [2.75, 3.05) is 24.7 Å². The van der Waals surface area contributed by atoms with Crippen molar-refractivity contribution >= 4 is 21.5 Å². The van der Waals surface area contributed by atoms with Gasteiger partial charge in [-0.15, -0.1) is 0 Å². The van der Waals surface area contributed by atoms with Gasteiger partial charge in [0.25, 0.3) is 0 Å². The lowest BCUT2D eigenvalue weighted by molar-refractivity contribution is -0.137. The zero-order valence-electron chi connectivity index (χ0n) is 10.6. The van der Waals surface area contributed by atoms with Crippen molar-refractivity contribution in [1.82, 2.24) is 4.98 Å². The summed E-state index contributed by atoms with van der Waals surface area (Å²) in [5, 5.41) is 0.780. The molecule has 1 heterocycles. The number of aromatic nitrogens is 1. The van der Waals surface area contributed by atoms with Crippen LogP contribution < -0.4 is 10.6 Å². The lowest BCUT2D eigenvalue weighted by Gasteiger charge is -2.13. The number of alkyl halides is 3. The predicted molar refractivity (Wildman–Crippen MR) is 71.2 cm³/mol. The van der Waals surface area contributed by atoms with E-state index in [1.54, 1.807) is 19.0 Å². The molecule has 8 heteroatoms. The summed E-state index contributed by atoms with van der Waals surface area (Å²) in [6, 6.07) is 2.33. The molecular formula is C12H11F4N3S. The number of halogens is 4. The van der Waals surface area contributed by atoms with E-state index in [1.165, 1.54) is 0 Å². The second kappa shape index (κ2) is 4.93. The Hall–Kier alpha value is -1.83. The maximum Gasteiger partial charge on any atom is 0.416 e. The van der Waals surface area contributed by atoms with Crippen molar-refractivity contribution in [3.05, 3.63) is 29.6 Å². The first kappa shape index (κ1) is 14.6. The summed E-state index contributed by atoms with van der Waals surface area (Å²) in [5.74, 6) is -0.967. The molecule has 0 atom stereocenters. The van der Waals surface area contributed by atoms with Gasteiger partial charge in [-0.1, -0.05) is 11.3 Å². The number of rotatable bonds is 2. The number of hydrogen-bond acceptors (Lipinski definition) is 4. The van der Waals surface area contributed by atoms with E-state index < -0.39 is 17.6 Å². The summed E-state index contributed by atoms with van der Waals surface area (Å²) in [6.45, 7) is 0. The van der Waals surface area contributed by atoms with E-state index in [0.29, 0.717) is 11.1 Å². The molecular weight excluding hydrogens is 294 g/mol. The molecule has 0 aliphatic rings. The highest BCUT2D eigenvalue weighted by Gasteiger charge is 2.32. The zero-order chi connectivity index (χ0) is 15.1. The van der Waals surface area contributed by atoms with Gasteiger partial charge in [0, 0.05) is 19.7 Å². The highest BCUT2D eigenvalue weighted by molar-refractivity contribution is 7.19. The molecule has 0 aliphatic heterocycles. The number of nitrogens with zero attached hydrogens (tertiary/aromatic N) is 2. The summed E-state index contributed by atoms with van der Waals surface area (Å²) >= 11 is 1.13. The summed E-state index contributed by atoms with van der Waals surface area (Å²) in [4.78, 5) is 5.66. The van der Waals surface area contributed by atoms with Gasteiger partial charge in [-0.25, -0.2) is 9.37 Å². The van der Waals surface area contributed by atoms with Gasteiger partial charge in [0.05, 0.1) is 5.56 Å². The highest BCUT2D eigenvalue weighted by atomic mass is 32.1. The molecule has 0 radical (unpaired) electrons. The van der Waals surface area contributed by atoms with Crippen LogP contribution in [0.25, 0.3) is 11.3 Å². The van der Waals surface area contributed by atoms with Crippen LogP contribution in [0.4, 0.5) is 27.7 Å². The summed E-state index contributed by atoms with van der Waals surface area (Å²) in [5.41, 5.74) is 4.82. The second-order valence-corrected chi connectivity index (χ2v) is 5.34. The van der Waals surface area contributed by atoms with Gasteiger partial charge in [0.15, 0.2) is 5.13 Å². The van der Waals surface area contributed by atoms with E-state index >= 15 is 0 Å². The summed E-state index contributed by atoms with van der Waals surface area (Å²) in [6.07, 6.45) is -4.61. The van der Waals surface area contributed by atoms with E-state index in [9.17, 15) is 17.6 Å². The molecule has 2 N–H and O–H groups in total. The molecule has 1 aromatic carbocycles. The van der Waals surface area contributed by atoms with Gasteiger partial charge in [0.1, 0.15) is 16.5 Å². The summed E-state index contributed by atoms with van der Waals surface area (Å²) < 4.78 is 51.5. The van der Waals surface area contributed by atoms with Crippen molar-refractivity contribution in [2.24, 2.45) is 0 Å². The Bertz CT molecular complexity index is 634. The van der Waals surface area contributed by atoms with Gasteiger partial charge >= 0.3 is 6.18 Å². The highest BCUT2D eigenvalue weighted by Crippen LogP contribution is 2.39. The van der Waals surface area contributed by atoms with Crippen LogP contribution in [0.15, 0.2) is 18.2 Å². The number of anilines is 2. The number of hydrogen-bond donors (Lipinski definition) is 1. The number of nitrogens with two attached hydrogens (primary N) is 1. The van der Waals surface area contributed by atoms with Crippen molar-refractivity contribution in [3.8, 4) is 11.3 Å². The quantitative estimate of drug-likeness (QED) is 0.862. The van der Waals surface area contributed by atoms with E-state index in [2.05, 4.69) is 4.98 Å². The molecule has 0 fully saturated rings. The van der Waals surface area contributed by atoms with Crippen LogP contribution >= 0.6 is 11.3 Å². The van der Waals surface area contributed by atoms with Crippen LogP contribution in [-0.4, -0.2) is 19.1 Å². The molecule has 2 rings (SSSR count). The average Bonchev–Trinajstić information content (AvgIpc) is 2.69. The maximum atomic E-state index is 13.4. The molecule has 0 spiro atoms. The van der Waals surface area contributed by atoms with Gasteiger partial charge in [-0.2, -0.15) is 13.2 Å². The Labute approximate surface area is 116 Å². The molecule has 0 bridgehead atoms. The van der Waals surface area contributed by atoms with Crippen LogP contribution in [0.2, 0.25) is 0 Å². The van der Waals surface area contributed by atoms with Crippen LogP contribution in [0.1, 0.15) is 5.56 Å². The average molecular weight is 305 g/mol. The first-order chi connectivity index (χ1) is 9.18. The van der Waals surface area contributed by atoms with Crippen LogP contribution in [0.5, 0.6) is 0 Å². The van der Waals surface area contributed by atoms with Crippen LogP contribution in [0.3, 0.4) is 0 Å². The lowest BCUT2D eigenvalue weighted by atomic mass is 10.1. The minimum Gasteiger partial charge on any atom is -0.375 e. The second-order valence-electron chi connectivity index (χ2n) is 4.33. The fourth-order valence-corrected chi connectivity index (χ4v) is 2.49. The first-order valence-electron chi connectivity index (χ1n) is 5.50. The standard InChI is InChI=1S/C12H11F4N3S/c1-19(2)10-9(18-11(17)20-10)6-3-7(12(14,15)16)5-8(13)4-6/h3-5H,1-2H3,(H2,17,18). The monoisotopic (exact) mass is 305 g/mol. The van der Waals surface area contributed by atoms with Crippen molar-refractivity contribution in [1.29, 1.82) is 0 Å². The first-order valence-corrected chi connectivity index (χ1v) is 6.32. The van der Waals surface area contributed by atoms with Crippen molar-refractivity contribution in [3.63, 3.8) is 0 Å². The minimum absolute atomic E-state index is 0.0500. The van der Waals surface area contributed by atoms with E-state index in [1.807, 2.05) is 0 Å². The molecule has 2 aromatic rings. The fourth-order valence-electron chi connectivity index (χ4n) is 1.71. The maximum absolute atomic E-state index is 13.4. The minimum atomic E-state index is -4.61. The van der Waals surface area contributed by atoms with Crippen LogP contribution in [0, 0.1) is 5.82 Å². The Morgan fingerprint density at radius 2 is 1.85 bits per heavy atom. The summed E-state index contributed by atoms with van der Waals surface area (Å²) in [7, 11) is 3.42. The van der Waals surface area contributed by atoms with Gasteiger partial charge in [-0.3, -0.25) is 0 Å². The third kappa shape index (κ3) is 2.84. The normalized spacial score (nSPS) is 11.7. The fraction of sp³-hybridized carbons (Fsp3) is 0.250. The smallest absolute Gasteiger partial charge is 0.375 e. The number of benzene rings is 1. The third-order valence-electron chi connectivity index (χ3n) is 2.53. The zero-order valence-corrected chi connectivity index (χ0v) is 11.4. The van der Waals surface area contributed by atoms with Crippen molar-refractivity contribution in [2.45, 2.75) is 6.18 Å². The molecule has 0 saturated heterocycles. The predicted octanol–water partition coefficient (Wildman–Crippen LogP) is 3.62. The molecule has 0 amide bonds. The van der Waals surface area contributed by atoms with Gasteiger partial charge < -0.3 is 10.6 Å². The van der Waals surface area contributed by atoms with Gasteiger partial charge in [-0.05, 0) is 18.2 Å². The topological polar surface area (TPSA) is 42.1 Å². The number of nitrogen functional groups attached to an aromatic ring is 1. The Morgan fingerprint density at radius 1 is 1.20 bits per heavy atom. The molecule has 108 valence electrons. The Balaban J connectivity index is 2.61. The van der Waals surface area contributed by atoms with E-state index in [0.717, 1.165) is 23.5 Å². The molecule has 1 aromatic heterocycles. The number of thiazole rings is 1. The largest absolute Gasteiger partial charge is 0.416 e. The molecule has 0 saturated carbocycles. The molecule has 0 aliphatic carbocycles. The third-order valence-corrected chi connectivity index (χ3v) is 3.58. The van der Waals surface area contributed by atoms with Gasteiger partial charge in [0.2, 0.25) is 0 Å². The van der Waals surface area contributed by atoms with Crippen LogP contribution in [-0.2, 0) is 6.18 Å². The van der Waals surface area contributed by atoms with Crippen molar-refractivity contribution < 1.29 is 17.6 Å². The van der Waals surface area contributed by atoms with E-state index in [-0.39, 0.29) is 16.4 Å². The molecule has 0 unspecified atom stereocenters.